The van der Waals surface area contributed by atoms with E-state index in [1.165, 1.54) is 18.1 Å². The molecule has 1 aromatic carbocycles. The molecule has 1 amide bonds. The number of fused-ring (bicyclic) bond motifs is 4. The Kier molecular flexibility index (Phi) is 5.68. The van der Waals surface area contributed by atoms with Crippen LogP contribution in [0.25, 0.3) is 22.5 Å². The zero-order chi connectivity index (χ0) is 22.9. The molecule has 33 heavy (non-hydrogen) atoms. The quantitative estimate of drug-likeness (QED) is 0.578. The number of hydrogen-bond donors (Lipinski definition) is 2. The Balaban J connectivity index is 1.40. The van der Waals surface area contributed by atoms with E-state index in [1.807, 2.05) is 12.1 Å². The van der Waals surface area contributed by atoms with Gasteiger partial charge in [-0.3, -0.25) is 14.6 Å². The van der Waals surface area contributed by atoms with Crippen LogP contribution in [0.15, 0.2) is 47.1 Å². The van der Waals surface area contributed by atoms with Gasteiger partial charge >= 0.3 is 5.97 Å². The second-order valence-electron chi connectivity index (χ2n) is 8.75. The van der Waals surface area contributed by atoms with Gasteiger partial charge in [-0.05, 0) is 41.5 Å². The van der Waals surface area contributed by atoms with E-state index in [1.54, 1.807) is 12.3 Å². The van der Waals surface area contributed by atoms with Crippen LogP contribution in [0.1, 0.15) is 42.6 Å². The van der Waals surface area contributed by atoms with Gasteiger partial charge in [-0.25, -0.2) is 0 Å². The van der Waals surface area contributed by atoms with Crippen molar-refractivity contribution in [2.24, 2.45) is 5.92 Å². The minimum atomic E-state index is -0.310. The molecule has 0 spiro atoms. The number of nitrogens with one attached hydrogen (secondary N) is 1. The van der Waals surface area contributed by atoms with E-state index in [-0.39, 0.29) is 36.4 Å². The number of cyclic esters (lactones) is 1. The Hall–Kier alpha value is -3.52. The summed E-state index contributed by atoms with van der Waals surface area (Å²) in [5, 5.41) is 15.9. The largest absolute Gasteiger partial charge is 0.460 e. The summed E-state index contributed by atoms with van der Waals surface area (Å²) in [4.78, 5) is 28.3. The number of esters is 1. The van der Waals surface area contributed by atoms with Crippen LogP contribution in [-0.4, -0.2) is 39.8 Å². The molecule has 8 heteroatoms. The fraction of sp³-hybridized carbons (Fsp3) is 0.360. The molecule has 1 fully saturated rings. The molecular weight excluding hydrogens is 422 g/mol. The van der Waals surface area contributed by atoms with Gasteiger partial charge in [-0.15, -0.1) is 0 Å². The van der Waals surface area contributed by atoms with E-state index in [4.69, 9.17) is 14.4 Å². The number of amides is 1. The molecule has 1 aliphatic carbocycles. The maximum Gasteiger partial charge on any atom is 0.306 e. The second-order valence-corrected chi connectivity index (χ2v) is 8.75. The normalized spacial score (nSPS) is 21.6. The second kappa shape index (κ2) is 8.78. The minimum Gasteiger partial charge on any atom is -0.460 e. The van der Waals surface area contributed by atoms with Gasteiger partial charge in [0.2, 0.25) is 5.91 Å². The number of aliphatic hydroxyl groups excluding tert-OH is 1. The van der Waals surface area contributed by atoms with Gasteiger partial charge in [0.05, 0.1) is 18.7 Å². The molecule has 5 rings (SSSR count). The monoisotopic (exact) mass is 447 g/mol. The van der Waals surface area contributed by atoms with Crippen LogP contribution >= 0.6 is 0 Å². The third kappa shape index (κ3) is 4.39. The fourth-order valence-corrected chi connectivity index (χ4v) is 4.89. The molecule has 8 nitrogen and oxygen atoms in total. The Labute approximate surface area is 191 Å². The summed E-state index contributed by atoms with van der Waals surface area (Å²) in [6, 6.07) is 11.9. The van der Waals surface area contributed by atoms with Crippen molar-refractivity contribution in [1.29, 1.82) is 0 Å². The van der Waals surface area contributed by atoms with Gasteiger partial charge in [0.25, 0.3) is 0 Å². The van der Waals surface area contributed by atoms with Crippen molar-refractivity contribution in [3.8, 4) is 22.5 Å². The average Bonchev–Trinajstić information content (AvgIpc) is 3.26. The lowest BCUT2D eigenvalue weighted by Gasteiger charge is -2.32. The first-order valence-electron chi connectivity index (χ1n) is 11.1. The van der Waals surface area contributed by atoms with Gasteiger partial charge in [-0.2, -0.15) is 0 Å². The van der Waals surface area contributed by atoms with Crippen molar-refractivity contribution in [3.63, 3.8) is 0 Å². The zero-order valence-electron chi connectivity index (χ0n) is 18.3. The first kappa shape index (κ1) is 21.3. The summed E-state index contributed by atoms with van der Waals surface area (Å²) in [5.74, 6) is 0.373. The number of aromatic nitrogens is 2. The topological polar surface area (TPSA) is 115 Å². The molecule has 2 N–H and O–H groups in total. The summed E-state index contributed by atoms with van der Waals surface area (Å²) in [6.45, 7) is 1.61. The average molecular weight is 447 g/mol. The Morgan fingerprint density at radius 2 is 2.00 bits per heavy atom. The number of hydrogen-bond acceptors (Lipinski definition) is 7. The first-order chi connectivity index (χ1) is 16.0. The number of carbonyl (C=O) groups excluding carboxylic acids is 2. The van der Waals surface area contributed by atoms with Gasteiger partial charge in [0.1, 0.15) is 18.4 Å². The number of carbonyl (C=O) groups is 2. The zero-order valence-corrected chi connectivity index (χ0v) is 18.3. The van der Waals surface area contributed by atoms with Gasteiger partial charge in [0.15, 0.2) is 5.76 Å². The number of nitrogens with zero attached hydrogens (tertiary/aromatic N) is 2. The lowest BCUT2D eigenvalue weighted by Crippen LogP contribution is -2.39. The van der Waals surface area contributed by atoms with Crippen molar-refractivity contribution < 1.29 is 24.0 Å². The first-order valence-corrected chi connectivity index (χ1v) is 11.1. The molecule has 170 valence electrons. The molecule has 3 atom stereocenters. The van der Waals surface area contributed by atoms with E-state index >= 15 is 0 Å². The van der Waals surface area contributed by atoms with Gasteiger partial charge < -0.3 is 19.7 Å². The lowest BCUT2D eigenvalue weighted by atomic mass is 9.73. The molecular formula is C25H25N3O5. The minimum absolute atomic E-state index is 0.125. The molecule has 3 heterocycles. The van der Waals surface area contributed by atoms with E-state index in [0.717, 1.165) is 24.0 Å². The van der Waals surface area contributed by atoms with Crippen molar-refractivity contribution in [3.05, 3.63) is 59.5 Å². The summed E-state index contributed by atoms with van der Waals surface area (Å²) < 4.78 is 10.7. The molecule has 0 saturated carbocycles. The van der Waals surface area contributed by atoms with E-state index < -0.39 is 0 Å². The highest BCUT2D eigenvalue weighted by molar-refractivity contribution is 5.74. The lowest BCUT2D eigenvalue weighted by molar-refractivity contribution is -0.150. The predicted octanol–water partition coefficient (Wildman–Crippen LogP) is 2.99. The molecule has 3 unspecified atom stereocenters. The number of ether oxygens (including phenoxy) is 1. The Morgan fingerprint density at radius 3 is 2.73 bits per heavy atom. The molecule has 2 bridgehead atoms. The van der Waals surface area contributed by atoms with Crippen molar-refractivity contribution in [2.75, 3.05) is 6.54 Å². The van der Waals surface area contributed by atoms with E-state index in [2.05, 4.69) is 33.7 Å². The van der Waals surface area contributed by atoms with Gasteiger partial charge in [-0.1, -0.05) is 29.4 Å². The van der Waals surface area contributed by atoms with Crippen LogP contribution in [-0.2, 0) is 27.4 Å². The van der Waals surface area contributed by atoms with Crippen molar-refractivity contribution >= 4 is 11.9 Å². The molecule has 0 radical (unpaired) electrons. The Morgan fingerprint density at radius 1 is 1.15 bits per heavy atom. The van der Waals surface area contributed by atoms with E-state index in [9.17, 15) is 9.59 Å². The number of pyridine rings is 1. The molecule has 1 saturated heterocycles. The van der Waals surface area contributed by atoms with Crippen LogP contribution in [0.4, 0.5) is 0 Å². The molecule has 2 aromatic heterocycles. The van der Waals surface area contributed by atoms with Crippen LogP contribution in [0.2, 0.25) is 0 Å². The summed E-state index contributed by atoms with van der Waals surface area (Å²) in [7, 11) is 0. The number of aliphatic hydroxyl groups is 1. The highest BCUT2D eigenvalue weighted by Gasteiger charge is 2.38. The summed E-state index contributed by atoms with van der Waals surface area (Å²) in [6.07, 6.45) is 3.53. The molecule has 3 aromatic rings. The maximum atomic E-state index is 12.4. The summed E-state index contributed by atoms with van der Waals surface area (Å²) >= 11 is 0. The number of rotatable bonds is 5. The van der Waals surface area contributed by atoms with Crippen LogP contribution in [0, 0.1) is 5.92 Å². The van der Waals surface area contributed by atoms with Crippen molar-refractivity contribution in [2.45, 2.75) is 44.8 Å². The highest BCUT2D eigenvalue weighted by Crippen LogP contribution is 2.42. The summed E-state index contributed by atoms with van der Waals surface area (Å²) in [5.41, 5.74) is 5.69. The van der Waals surface area contributed by atoms with Crippen LogP contribution < -0.4 is 5.32 Å². The number of benzene rings is 1. The van der Waals surface area contributed by atoms with Crippen LogP contribution in [0.5, 0.6) is 0 Å². The van der Waals surface area contributed by atoms with E-state index in [0.29, 0.717) is 30.1 Å². The predicted molar refractivity (Wildman–Crippen MR) is 119 cm³/mol. The standard InChI is InChI=1S/C25H25N3O5/c1-14(30)26-12-24-19-7-17-6-15(2-4-21(17)18(8-19)9-25(31)32-24)16-3-5-22(27-11-16)23-10-20(13-29)33-28-23/h2-6,10-11,18-19,24,29H,7-9,12-13H2,1H3,(H,26,30). The van der Waals surface area contributed by atoms with Crippen molar-refractivity contribution in [1.82, 2.24) is 15.5 Å². The van der Waals surface area contributed by atoms with Gasteiger partial charge in [0, 0.05) is 30.7 Å². The third-order valence-corrected chi connectivity index (χ3v) is 6.50. The smallest absolute Gasteiger partial charge is 0.306 e. The maximum absolute atomic E-state index is 12.4. The molecule has 2 aliphatic rings. The fourth-order valence-electron chi connectivity index (χ4n) is 4.89. The van der Waals surface area contributed by atoms with Crippen LogP contribution in [0.3, 0.4) is 0 Å². The molecule has 1 aliphatic heterocycles. The Bertz CT molecular complexity index is 1190. The SMILES string of the molecule is CC(=O)NCC1OC(=O)CC2CC1Cc1cc(-c3ccc(-c4cc(CO)on4)nc3)ccc12. The highest BCUT2D eigenvalue weighted by atomic mass is 16.5. The third-order valence-electron chi connectivity index (χ3n) is 6.50.